The van der Waals surface area contributed by atoms with Gasteiger partial charge in [0.15, 0.2) is 0 Å². The summed E-state index contributed by atoms with van der Waals surface area (Å²) in [6.07, 6.45) is 0. The Morgan fingerprint density at radius 1 is 0.605 bits per heavy atom. The zero-order valence-electron chi connectivity index (χ0n) is 23.4. The van der Waals surface area contributed by atoms with Crippen molar-refractivity contribution in [2.45, 2.75) is 0 Å². The van der Waals surface area contributed by atoms with Gasteiger partial charge in [0.25, 0.3) is 0 Å². The van der Waals surface area contributed by atoms with Crippen LogP contribution in [-0.4, -0.2) is 27.6 Å². The van der Waals surface area contributed by atoms with Crippen molar-refractivity contribution < 1.29 is 9.53 Å². The molecule has 8 aromatic rings. The molecular formula is C38H25N3O2. The second-order valence-corrected chi connectivity index (χ2v) is 10.5. The predicted octanol–water partition coefficient (Wildman–Crippen LogP) is 9.00. The average molecular weight is 556 g/mol. The third kappa shape index (κ3) is 3.90. The highest BCUT2D eigenvalue weighted by atomic mass is 16.5. The third-order valence-corrected chi connectivity index (χ3v) is 8.14. The van der Waals surface area contributed by atoms with Crippen LogP contribution in [0.5, 0.6) is 0 Å². The highest BCUT2D eigenvalue weighted by Gasteiger charge is 2.22. The number of para-hydroxylation sites is 2. The van der Waals surface area contributed by atoms with Crippen LogP contribution in [0.2, 0.25) is 0 Å². The molecule has 0 spiro atoms. The number of hydrogen-bond acceptors (Lipinski definition) is 4. The summed E-state index contributed by atoms with van der Waals surface area (Å²) in [5, 5.41) is 5.22. The number of ether oxygens (including phenoxy) is 1. The monoisotopic (exact) mass is 555 g/mol. The lowest BCUT2D eigenvalue weighted by molar-refractivity contribution is 0.0601. The van der Waals surface area contributed by atoms with Gasteiger partial charge >= 0.3 is 5.97 Å². The van der Waals surface area contributed by atoms with Crippen molar-refractivity contribution in [2.75, 3.05) is 7.11 Å². The second-order valence-electron chi connectivity index (χ2n) is 10.5. The Morgan fingerprint density at radius 2 is 1.26 bits per heavy atom. The van der Waals surface area contributed by atoms with Crippen molar-refractivity contribution in [3.63, 3.8) is 0 Å². The smallest absolute Gasteiger partial charge is 0.338 e. The van der Waals surface area contributed by atoms with Crippen molar-refractivity contribution in [3.8, 4) is 28.3 Å². The molecule has 0 fully saturated rings. The number of carbonyl (C=O) groups is 1. The first-order valence-corrected chi connectivity index (χ1v) is 14.2. The molecule has 204 valence electrons. The zero-order valence-corrected chi connectivity index (χ0v) is 23.4. The molecule has 0 radical (unpaired) electrons. The summed E-state index contributed by atoms with van der Waals surface area (Å²) in [5.41, 5.74) is 7.17. The zero-order chi connectivity index (χ0) is 28.9. The van der Waals surface area contributed by atoms with Gasteiger partial charge in [0.2, 0.25) is 5.95 Å². The number of nitrogens with zero attached hydrogens (tertiary/aromatic N) is 3. The van der Waals surface area contributed by atoms with Crippen LogP contribution in [-0.2, 0) is 4.74 Å². The topological polar surface area (TPSA) is 57.0 Å². The molecule has 6 aromatic carbocycles. The van der Waals surface area contributed by atoms with Crippen molar-refractivity contribution >= 4 is 49.5 Å². The fourth-order valence-electron chi connectivity index (χ4n) is 6.24. The van der Waals surface area contributed by atoms with E-state index in [1.165, 1.54) is 7.11 Å². The lowest BCUT2D eigenvalue weighted by Gasteiger charge is -2.15. The second kappa shape index (κ2) is 9.93. The maximum Gasteiger partial charge on any atom is 0.338 e. The van der Waals surface area contributed by atoms with E-state index in [9.17, 15) is 4.79 Å². The molecule has 0 aliphatic carbocycles. The summed E-state index contributed by atoms with van der Waals surface area (Å²) in [6.45, 7) is 0. The van der Waals surface area contributed by atoms with Crippen LogP contribution in [0.3, 0.4) is 0 Å². The van der Waals surface area contributed by atoms with Gasteiger partial charge in [-0.1, -0.05) is 109 Å². The van der Waals surface area contributed by atoms with E-state index in [2.05, 4.69) is 65.2 Å². The van der Waals surface area contributed by atoms with E-state index >= 15 is 0 Å². The van der Waals surface area contributed by atoms with Crippen LogP contribution in [0.25, 0.3) is 71.8 Å². The minimum atomic E-state index is -0.361. The number of aromatic nitrogens is 3. The minimum Gasteiger partial charge on any atom is -0.465 e. The number of benzene rings is 6. The Labute approximate surface area is 247 Å². The van der Waals surface area contributed by atoms with E-state index in [1.807, 2.05) is 72.8 Å². The largest absolute Gasteiger partial charge is 0.465 e. The molecule has 2 heterocycles. The van der Waals surface area contributed by atoms with Crippen LogP contribution in [0.1, 0.15) is 10.4 Å². The SMILES string of the molecule is COC(=O)c1ccccc1-c1cc2c3ccccc3n(-c3nc(-c4ccccc4)c4ccccc4n3)c2c2ccccc12. The number of methoxy groups -OCH3 is 1. The van der Waals surface area contributed by atoms with Gasteiger partial charge in [-0.2, -0.15) is 0 Å². The quantitative estimate of drug-likeness (QED) is 0.203. The normalized spacial score (nSPS) is 11.5. The number of hydrogen-bond donors (Lipinski definition) is 0. The molecule has 5 nitrogen and oxygen atoms in total. The summed E-state index contributed by atoms with van der Waals surface area (Å²) >= 11 is 0. The molecule has 0 amide bonds. The fraction of sp³-hybridized carbons (Fsp3) is 0.0263. The van der Waals surface area contributed by atoms with E-state index in [0.717, 1.165) is 65.9 Å². The summed E-state index contributed by atoms with van der Waals surface area (Å²) in [5.74, 6) is 0.247. The Kier molecular flexibility index (Phi) is 5.76. The van der Waals surface area contributed by atoms with Crippen LogP contribution in [0.15, 0.2) is 133 Å². The number of rotatable bonds is 4. The molecule has 0 atom stereocenters. The van der Waals surface area contributed by atoms with E-state index in [1.54, 1.807) is 0 Å². The molecule has 2 aromatic heterocycles. The van der Waals surface area contributed by atoms with Gasteiger partial charge in [0.05, 0.1) is 34.9 Å². The van der Waals surface area contributed by atoms with Gasteiger partial charge in [0, 0.05) is 27.1 Å². The molecule has 5 heteroatoms. The van der Waals surface area contributed by atoms with Gasteiger partial charge in [-0.05, 0) is 40.8 Å². The highest BCUT2D eigenvalue weighted by molar-refractivity contribution is 6.22. The van der Waals surface area contributed by atoms with Gasteiger partial charge in [-0.25, -0.2) is 14.8 Å². The minimum absolute atomic E-state index is 0.361. The van der Waals surface area contributed by atoms with Gasteiger partial charge in [0.1, 0.15) is 0 Å². The molecule has 0 unspecified atom stereocenters. The van der Waals surface area contributed by atoms with Crippen molar-refractivity contribution in [2.24, 2.45) is 0 Å². The molecule has 0 N–H and O–H groups in total. The average Bonchev–Trinajstić information content (AvgIpc) is 3.42. The summed E-state index contributed by atoms with van der Waals surface area (Å²) in [7, 11) is 1.42. The molecule has 0 aliphatic heterocycles. The predicted molar refractivity (Wildman–Crippen MR) is 174 cm³/mol. The number of fused-ring (bicyclic) bond motifs is 6. The Bertz CT molecular complexity index is 2360. The van der Waals surface area contributed by atoms with E-state index in [-0.39, 0.29) is 5.97 Å². The standard InChI is InChI=1S/C38H25N3O2/c1-43-37(42)29-19-8-6-16-26(29)31-23-32-27-17-10-12-22-34(27)41(36(32)28-18-7-5-15-25(28)31)38-39-33-21-11-9-20-30(33)35(40-38)24-13-3-2-4-14-24/h2-23H,1H3. The summed E-state index contributed by atoms with van der Waals surface area (Å²) in [4.78, 5) is 23.2. The van der Waals surface area contributed by atoms with Crippen molar-refractivity contribution in [1.82, 2.24) is 14.5 Å². The Hall–Kier alpha value is -5.81. The maximum atomic E-state index is 12.8. The van der Waals surface area contributed by atoms with Crippen LogP contribution < -0.4 is 0 Å². The van der Waals surface area contributed by atoms with Crippen LogP contribution in [0, 0.1) is 0 Å². The van der Waals surface area contributed by atoms with Crippen LogP contribution >= 0.6 is 0 Å². The molecular weight excluding hydrogens is 530 g/mol. The van der Waals surface area contributed by atoms with Gasteiger partial charge < -0.3 is 4.74 Å². The number of carbonyl (C=O) groups excluding carboxylic acids is 1. The molecule has 0 saturated heterocycles. The highest BCUT2D eigenvalue weighted by Crippen LogP contribution is 2.42. The fourth-order valence-corrected chi connectivity index (χ4v) is 6.24. The first-order chi connectivity index (χ1) is 21.2. The third-order valence-electron chi connectivity index (χ3n) is 8.14. The number of esters is 1. The van der Waals surface area contributed by atoms with E-state index < -0.39 is 0 Å². The van der Waals surface area contributed by atoms with Gasteiger partial charge in [-0.3, -0.25) is 4.57 Å². The van der Waals surface area contributed by atoms with Crippen LogP contribution in [0.4, 0.5) is 0 Å². The first kappa shape index (κ1) is 24.9. The Morgan fingerprint density at radius 3 is 2.07 bits per heavy atom. The van der Waals surface area contributed by atoms with Crippen molar-refractivity contribution in [1.29, 1.82) is 0 Å². The van der Waals surface area contributed by atoms with E-state index in [4.69, 9.17) is 14.7 Å². The van der Waals surface area contributed by atoms with Crippen molar-refractivity contribution in [3.05, 3.63) is 139 Å². The molecule has 8 rings (SSSR count). The molecule has 43 heavy (non-hydrogen) atoms. The van der Waals surface area contributed by atoms with E-state index in [0.29, 0.717) is 11.5 Å². The van der Waals surface area contributed by atoms with Gasteiger partial charge in [-0.15, -0.1) is 0 Å². The Balaban J connectivity index is 1.52. The first-order valence-electron chi connectivity index (χ1n) is 14.2. The summed E-state index contributed by atoms with van der Waals surface area (Å²) in [6, 6.07) is 44.9. The summed E-state index contributed by atoms with van der Waals surface area (Å²) < 4.78 is 7.34. The lowest BCUT2D eigenvalue weighted by Crippen LogP contribution is -2.04. The molecule has 0 aliphatic rings. The molecule has 0 saturated carbocycles. The lowest BCUT2D eigenvalue weighted by atomic mass is 9.92. The molecule has 0 bridgehead atoms. The maximum absolute atomic E-state index is 12.8.